The molecule has 4 heteroatoms. The summed E-state index contributed by atoms with van der Waals surface area (Å²) in [4.78, 5) is 11.4. The largest absolute Gasteiger partial charge is 0.396 e. The number of nitrogens with zero attached hydrogens (tertiary/aromatic N) is 1. The summed E-state index contributed by atoms with van der Waals surface area (Å²) in [6, 6.07) is 8.38. The maximum absolute atomic E-state index is 11.4. The molecule has 0 unspecified atom stereocenters. The molecule has 0 aliphatic heterocycles. The lowest BCUT2D eigenvalue weighted by molar-refractivity contribution is 0.0951. The van der Waals surface area contributed by atoms with Gasteiger partial charge in [-0.2, -0.15) is 5.26 Å². The fraction of sp³-hybridized carbons (Fsp3) is 0.273. The van der Waals surface area contributed by atoms with Crippen LogP contribution in [0.3, 0.4) is 0 Å². The zero-order valence-electron chi connectivity index (χ0n) is 8.23. The topological polar surface area (TPSA) is 73.1 Å². The number of hydrogen-bond donors (Lipinski definition) is 2. The third-order valence-electron chi connectivity index (χ3n) is 1.90. The van der Waals surface area contributed by atoms with Crippen molar-refractivity contribution in [2.24, 2.45) is 0 Å². The maximum Gasteiger partial charge on any atom is 0.251 e. The first-order valence-corrected chi connectivity index (χ1v) is 4.67. The highest BCUT2D eigenvalue weighted by Crippen LogP contribution is 2.02. The summed E-state index contributed by atoms with van der Waals surface area (Å²) >= 11 is 0. The molecule has 0 radical (unpaired) electrons. The van der Waals surface area contributed by atoms with Crippen LogP contribution in [-0.4, -0.2) is 24.2 Å². The lowest BCUT2D eigenvalue weighted by Crippen LogP contribution is -2.24. The third-order valence-corrected chi connectivity index (χ3v) is 1.90. The van der Waals surface area contributed by atoms with E-state index in [9.17, 15) is 4.79 Å². The average molecular weight is 204 g/mol. The van der Waals surface area contributed by atoms with Crippen LogP contribution in [0, 0.1) is 11.3 Å². The van der Waals surface area contributed by atoms with Crippen LogP contribution in [0.4, 0.5) is 0 Å². The Morgan fingerprint density at radius 2 is 2.07 bits per heavy atom. The number of hydrogen-bond acceptors (Lipinski definition) is 3. The summed E-state index contributed by atoms with van der Waals surface area (Å²) in [5, 5.41) is 19.7. The highest BCUT2D eigenvalue weighted by atomic mass is 16.3. The zero-order valence-corrected chi connectivity index (χ0v) is 8.23. The number of aliphatic hydroxyl groups is 1. The summed E-state index contributed by atoms with van der Waals surface area (Å²) in [7, 11) is 0. The molecule has 2 N–H and O–H groups in total. The number of carbonyl (C=O) groups excluding carboxylic acids is 1. The Morgan fingerprint density at radius 1 is 1.40 bits per heavy atom. The second kappa shape index (κ2) is 5.78. The Hall–Kier alpha value is -1.86. The van der Waals surface area contributed by atoms with Gasteiger partial charge in [0.25, 0.3) is 5.91 Å². The van der Waals surface area contributed by atoms with Crippen LogP contribution in [0.5, 0.6) is 0 Å². The highest BCUT2D eigenvalue weighted by molar-refractivity contribution is 5.94. The zero-order chi connectivity index (χ0) is 11.1. The summed E-state index contributed by atoms with van der Waals surface area (Å²) in [6.45, 7) is 0.517. The van der Waals surface area contributed by atoms with Gasteiger partial charge in [0.1, 0.15) is 0 Å². The molecule has 0 saturated carbocycles. The van der Waals surface area contributed by atoms with E-state index in [1.807, 2.05) is 6.07 Å². The van der Waals surface area contributed by atoms with Gasteiger partial charge in [0.2, 0.25) is 0 Å². The first-order valence-electron chi connectivity index (χ1n) is 4.67. The van der Waals surface area contributed by atoms with Crippen LogP contribution >= 0.6 is 0 Å². The van der Waals surface area contributed by atoms with Gasteiger partial charge in [-0.15, -0.1) is 0 Å². The monoisotopic (exact) mass is 204 g/mol. The minimum Gasteiger partial charge on any atom is -0.396 e. The highest BCUT2D eigenvalue weighted by Gasteiger charge is 2.03. The van der Waals surface area contributed by atoms with Crippen LogP contribution in [0.2, 0.25) is 0 Å². The Morgan fingerprint density at radius 3 is 2.60 bits per heavy atom. The molecule has 0 aliphatic carbocycles. The number of nitrogens with one attached hydrogen (secondary N) is 1. The van der Waals surface area contributed by atoms with Crippen molar-refractivity contribution in [2.75, 3.05) is 13.2 Å². The molecule has 4 nitrogen and oxygen atoms in total. The molecule has 0 aromatic heterocycles. The van der Waals surface area contributed by atoms with Gasteiger partial charge < -0.3 is 10.4 Å². The minimum absolute atomic E-state index is 0.0631. The molecule has 1 aromatic carbocycles. The van der Waals surface area contributed by atoms with E-state index >= 15 is 0 Å². The first-order chi connectivity index (χ1) is 7.27. The second-order valence-corrected chi connectivity index (χ2v) is 3.02. The minimum atomic E-state index is -0.187. The van der Waals surface area contributed by atoms with Gasteiger partial charge >= 0.3 is 0 Å². The van der Waals surface area contributed by atoms with Crippen molar-refractivity contribution in [3.63, 3.8) is 0 Å². The molecule has 0 aliphatic rings. The number of nitriles is 1. The van der Waals surface area contributed by atoms with E-state index in [0.29, 0.717) is 24.1 Å². The number of amides is 1. The van der Waals surface area contributed by atoms with Crippen LogP contribution < -0.4 is 5.32 Å². The number of aliphatic hydroxyl groups excluding tert-OH is 1. The molecule has 0 fully saturated rings. The van der Waals surface area contributed by atoms with E-state index in [4.69, 9.17) is 10.4 Å². The van der Waals surface area contributed by atoms with Gasteiger partial charge in [0.05, 0.1) is 11.6 Å². The average Bonchev–Trinajstić information content (AvgIpc) is 2.29. The third kappa shape index (κ3) is 3.41. The lowest BCUT2D eigenvalue weighted by Gasteiger charge is -2.03. The summed E-state index contributed by atoms with van der Waals surface area (Å²) in [5.41, 5.74) is 1.05. The van der Waals surface area contributed by atoms with Crippen LogP contribution in [0.25, 0.3) is 0 Å². The van der Waals surface area contributed by atoms with E-state index in [1.54, 1.807) is 24.3 Å². The molecule has 1 amide bonds. The number of benzene rings is 1. The number of rotatable bonds is 4. The molecule has 0 saturated heterocycles. The molecular weight excluding hydrogens is 192 g/mol. The van der Waals surface area contributed by atoms with Crippen molar-refractivity contribution in [3.05, 3.63) is 35.4 Å². The Balaban J connectivity index is 2.55. The first kappa shape index (κ1) is 11.2. The van der Waals surface area contributed by atoms with Crippen LogP contribution in [0.15, 0.2) is 24.3 Å². The molecule has 15 heavy (non-hydrogen) atoms. The molecule has 78 valence electrons. The molecule has 0 spiro atoms. The van der Waals surface area contributed by atoms with E-state index in [1.165, 1.54) is 0 Å². The van der Waals surface area contributed by atoms with Crippen molar-refractivity contribution in [3.8, 4) is 6.07 Å². The Labute approximate surface area is 88.2 Å². The quantitative estimate of drug-likeness (QED) is 0.708. The van der Waals surface area contributed by atoms with Crippen LogP contribution in [-0.2, 0) is 0 Å². The van der Waals surface area contributed by atoms with E-state index < -0.39 is 0 Å². The van der Waals surface area contributed by atoms with Crippen molar-refractivity contribution in [1.82, 2.24) is 5.32 Å². The van der Waals surface area contributed by atoms with Gasteiger partial charge in [0.15, 0.2) is 0 Å². The van der Waals surface area contributed by atoms with Crippen molar-refractivity contribution < 1.29 is 9.90 Å². The number of carbonyl (C=O) groups is 1. The predicted octanol–water partition coefficient (Wildman–Crippen LogP) is 0.670. The molecule has 0 bridgehead atoms. The van der Waals surface area contributed by atoms with Gasteiger partial charge in [-0.3, -0.25) is 4.79 Å². The van der Waals surface area contributed by atoms with Crippen molar-refractivity contribution in [1.29, 1.82) is 5.26 Å². The summed E-state index contributed by atoms with van der Waals surface area (Å²) in [6.07, 6.45) is 0.544. The van der Waals surface area contributed by atoms with Gasteiger partial charge in [-0.25, -0.2) is 0 Å². The van der Waals surface area contributed by atoms with Crippen molar-refractivity contribution in [2.45, 2.75) is 6.42 Å². The lowest BCUT2D eigenvalue weighted by atomic mass is 10.1. The standard InChI is InChI=1S/C11H12N2O2/c12-8-9-2-4-10(5-3-9)11(15)13-6-1-7-14/h2-5,14H,1,6-7H2,(H,13,15). The molecule has 1 aromatic rings. The summed E-state index contributed by atoms with van der Waals surface area (Å²) < 4.78 is 0. The maximum atomic E-state index is 11.4. The van der Waals surface area contributed by atoms with Gasteiger partial charge in [-0.05, 0) is 30.7 Å². The molecular formula is C11H12N2O2. The Kier molecular flexibility index (Phi) is 4.32. The van der Waals surface area contributed by atoms with Crippen molar-refractivity contribution >= 4 is 5.91 Å². The van der Waals surface area contributed by atoms with E-state index in [0.717, 1.165) is 0 Å². The van der Waals surface area contributed by atoms with Crippen LogP contribution in [0.1, 0.15) is 22.3 Å². The fourth-order valence-electron chi connectivity index (χ4n) is 1.08. The Bertz CT molecular complexity index is 365. The predicted molar refractivity (Wildman–Crippen MR) is 55.2 cm³/mol. The molecule has 0 atom stereocenters. The SMILES string of the molecule is N#Cc1ccc(C(=O)NCCCO)cc1. The normalized spacial score (nSPS) is 9.33. The van der Waals surface area contributed by atoms with Gasteiger partial charge in [-0.1, -0.05) is 0 Å². The smallest absolute Gasteiger partial charge is 0.251 e. The molecule has 1 rings (SSSR count). The van der Waals surface area contributed by atoms with E-state index in [-0.39, 0.29) is 12.5 Å². The summed E-state index contributed by atoms with van der Waals surface area (Å²) in [5.74, 6) is -0.187. The second-order valence-electron chi connectivity index (χ2n) is 3.02. The van der Waals surface area contributed by atoms with Gasteiger partial charge in [0, 0.05) is 18.7 Å². The fourth-order valence-corrected chi connectivity index (χ4v) is 1.08. The molecule has 0 heterocycles. The van der Waals surface area contributed by atoms with E-state index in [2.05, 4.69) is 5.32 Å².